The van der Waals surface area contributed by atoms with Crippen LogP contribution in [-0.4, -0.2) is 10.7 Å². The fourth-order valence-corrected chi connectivity index (χ4v) is 4.68. The highest BCUT2D eigenvalue weighted by atomic mass is 32.9. The summed E-state index contributed by atoms with van der Waals surface area (Å²) in [4.78, 5) is 13.1. The minimum Gasteiger partial charge on any atom is -0.483 e. The summed E-state index contributed by atoms with van der Waals surface area (Å²) in [5.74, 6) is 0.584. The molecule has 0 unspecified atom stereocenters. The Balaban J connectivity index is 1.92. The highest BCUT2D eigenvalue weighted by molar-refractivity contribution is 7.70. The fourth-order valence-electron chi connectivity index (χ4n) is 2.41. The van der Waals surface area contributed by atoms with Gasteiger partial charge in [-0.15, -0.1) is 0 Å². The van der Waals surface area contributed by atoms with Crippen molar-refractivity contribution in [3.63, 3.8) is 0 Å². The van der Waals surface area contributed by atoms with E-state index in [9.17, 15) is 4.79 Å². The summed E-state index contributed by atoms with van der Waals surface area (Å²) in [7, 11) is 5.11. The van der Waals surface area contributed by atoms with Gasteiger partial charge >= 0.3 is 0 Å². The predicted molar refractivity (Wildman–Crippen MR) is 71.6 cm³/mol. The van der Waals surface area contributed by atoms with Crippen LogP contribution < -0.4 is 10.3 Å². The lowest BCUT2D eigenvalue weighted by molar-refractivity contribution is 0.154. The van der Waals surface area contributed by atoms with Crippen molar-refractivity contribution in [2.45, 2.75) is 38.2 Å². The lowest BCUT2D eigenvalue weighted by atomic mass is 9.98. The van der Waals surface area contributed by atoms with Crippen LogP contribution in [0.15, 0.2) is 10.2 Å². The van der Waals surface area contributed by atoms with Gasteiger partial charge in [0.25, 0.3) is 5.56 Å². The van der Waals surface area contributed by atoms with Gasteiger partial charge in [0.1, 0.15) is 4.88 Å². The zero-order valence-corrected chi connectivity index (χ0v) is 11.4. The molecule has 0 radical (unpaired) electrons. The van der Waals surface area contributed by atoms with Crippen LogP contribution in [0.1, 0.15) is 32.1 Å². The largest absolute Gasteiger partial charge is 0.483 e. The SMILES string of the molecule is Cn1c2cssc-2c(OC2CCCCC2)c1=O. The molecule has 3 nitrogen and oxygen atoms in total. The maximum Gasteiger partial charge on any atom is 0.294 e. The third-order valence-corrected chi connectivity index (χ3v) is 5.48. The van der Waals surface area contributed by atoms with Gasteiger partial charge in [0, 0.05) is 12.4 Å². The number of aromatic nitrogens is 1. The molecule has 0 aromatic heterocycles. The van der Waals surface area contributed by atoms with Gasteiger partial charge in [0.2, 0.25) is 5.75 Å². The lowest BCUT2D eigenvalue weighted by Gasteiger charge is -2.21. The summed E-state index contributed by atoms with van der Waals surface area (Å²) in [6, 6.07) is 0. The second kappa shape index (κ2) is 4.46. The molecule has 0 saturated heterocycles. The van der Waals surface area contributed by atoms with Crippen LogP contribution in [0.5, 0.6) is 5.75 Å². The van der Waals surface area contributed by atoms with Gasteiger partial charge in [-0.3, -0.25) is 4.79 Å². The van der Waals surface area contributed by atoms with Gasteiger partial charge in [0.15, 0.2) is 0 Å². The Kier molecular flexibility index (Phi) is 2.96. The van der Waals surface area contributed by atoms with Crippen LogP contribution in [0.4, 0.5) is 0 Å². The summed E-state index contributed by atoms with van der Waals surface area (Å²) in [6.07, 6.45) is 6.17. The summed E-state index contributed by atoms with van der Waals surface area (Å²) in [6.45, 7) is 0. The second-order valence-corrected chi connectivity index (χ2v) is 6.66. The van der Waals surface area contributed by atoms with Crippen molar-refractivity contribution in [2.24, 2.45) is 7.05 Å². The Labute approximate surface area is 107 Å². The first-order valence-corrected chi connectivity index (χ1v) is 8.21. The Morgan fingerprint density at radius 3 is 2.88 bits per heavy atom. The van der Waals surface area contributed by atoms with Gasteiger partial charge < -0.3 is 9.30 Å². The monoisotopic (exact) mass is 269 g/mol. The van der Waals surface area contributed by atoms with Crippen LogP contribution in [0.3, 0.4) is 0 Å². The lowest BCUT2D eigenvalue weighted by Crippen LogP contribution is -2.23. The number of hydrogen-bond acceptors (Lipinski definition) is 4. The van der Waals surface area contributed by atoms with E-state index in [1.54, 1.807) is 25.2 Å². The van der Waals surface area contributed by atoms with Crippen LogP contribution in [0.25, 0.3) is 10.6 Å². The molecule has 0 amide bonds. The topological polar surface area (TPSA) is 31.2 Å². The summed E-state index contributed by atoms with van der Waals surface area (Å²) >= 11 is 0. The minimum absolute atomic E-state index is 0.0182. The number of hydrogen-bond donors (Lipinski definition) is 0. The van der Waals surface area contributed by atoms with E-state index in [0.29, 0.717) is 5.75 Å². The number of fused-ring (bicyclic) bond motifs is 1. The van der Waals surface area contributed by atoms with Crippen molar-refractivity contribution in [3.8, 4) is 16.3 Å². The molecule has 17 heavy (non-hydrogen) atoms. The first-order valence-electron chi connectivity index (χ1n) is 6.00. The van der Waals surface area contributed by atoms with E-state index < -0.39 is 0 Å². The van der Waals surface area contributed by atoms with E-state index in [2.05, 4.69) is 0 Å². The second-order valence-electron chi connectivity index (χ2n) is 4.58. The van der Waals surface area contributed by atoms with Crippen LogP contribution in [-0.2, 0) is 7.05 Å². The van der Waals surface area contributed by atoms with Crippen LogP contribution >= 0.6 is 20.7 Å². The molecule has 1 aliphatic carbocycles. The standard InChI is InChI=1S/C12H15NO2S2/c1-13-9-7-16-17-11(9)10(12(13)14)15-8-5-3-2-4-6-8/h7-8H,2-6H2,1H3. The zero-order chi connectivity index (χ0) is 11.8. The van der Waals surface area contributed by atoms with Crippen molar-refractivity contribution < 1.29 is 4.74 Å². The Hall–Kier alpha value is -0.810. The molecule has 5 heteroatoms. The Morgan fingerprint density at radius 2 is 2.12 bits per heavy atom. The highest BCUT2D eigenvalue weighted by Gasteiger charge is 2.25. The first-order chi connectivity index (χ1) is 8.27. The molecule has 0 atom stereocenters. The van der Waals surface area contributed by atoms with Crippen molar-refractivity contribution in [1.29, 1.82) is 0 Å². The van der Waals surface area contributed by atoms with Crippen LogP contribution in [0, 0.1) is 0 Å². The molecule has 3 aliphatic rings. The number of nitrogens with zero attached hydrogens (tertiary/aromatic N) is 1. The quantitative estimate of drug-likeness (QED) is 0.783. The fraction of sp³-hybridized carbons (Fsp3) is 0.583. The van der Waals surface area contributed by atoms with E-state index in [-0.39, 0.29) is 11.7 Å². The van der Waals surface area contributed by atoms with E-state index in [0.717, 1.165) is 23.4 Å². The number of rotatable bonds is 2. The van der Waals surface area contributed by atoms with E-state index in [1.165, 1.54) is 19.3 Å². The third kappa shape index (κ3) is 1.91. The van der Waals surface area contributed by atoms with Crippen molar-refractivity contribution in [3.05, 3.63) is 15.7 Å². The molecule has 1 saturated carbocycles. The van der Waals surface area contributed by atoms with Gasteiger partial charge in [-0.05, 0) is 25.7 Å². The van der Waals surface area contributed by atoms with Crippen molar-refractivity contribution in [2.75, 3.05) is 0 Å². The molecule has 2 aliphatic heterocycles. The van der Waals surface area contributed by atoms with Gasteiger partial charge in [0.05, 0.1) is 11.8 Å². The van der Waals surface area contributed by atoms with Gasteiger partial charge in [-0.25, -0.2) is 0 Å². The maximum absolute atomic E-state index is 12.1. The molecule has 0 aromatic rings. The molecular weight excluding hydrogens is 254 g/mol. The summed E-state index contributed by atoms with van der Waals surface area (Å²) in [5.41, 5.74) is 1.03. The summed E-state index contributed by atoms with van der Waals surface area (Å²) < 4.78 is 7.66. The van der Waals surface area contributed by atoms with Crippen LogP contribution in [0.2, 0.25) is 0 Å². The molecule has 0 bridgehead atoms. The molecule has 92 valence electrons. The molecule has 0 spiro atoms. The molecular formula is C12H15NO2S2. The third-order valence-electron chi connectivity index (χ3n) is 3.43. The van der Waals surface area contributed by atoms with E-state index in [1.807, 2.05) is 12.4 Å². The average Bonchev–Trinajstić information content (AvgIpc) is 2.91. The zero-order valence-electron chi connectivity index (χ0n) is 9.77. The maximum atomic E-state index is 12.1. The predicted octanol–water partition coefficient (Wildman–Crippen LogP) is 3.32. The van der Waals surface area contributed by atoms with E-state index in [4.69, 9.17) is 4.74 Å². The van der Waals surface area contributed by atoms with E-state index >= 15 is 0 Å². The molecule has 0 N–H and O–H groups in total. The minimum atomic E-state index is 0.0182. The molecule has 2 heterocycles. The number of ether oxygens (including phenoxy) is 1. The molecule has 0 aromatic carbocycles. The van der Waals surface area contributed by atoms with Gasteiger partial charge in [-0.2, -0.15) is 0 Å². The Morgan fingerprint density at radius 1 is 1.35 bits per heavy atom. The average molecular weight is 269 g/mol. The highest BCUT2D eigenvalue weighted by Crippen LogP contribution is 2.39. The first kappa shape index (κ1) is 11.3. The Bertz CT molecular complexity index is 533. The molecule has 3 rings (SSSR count). The van der Waals surface area contributed by atoms with Crippen molar-refractivity contribution >= 4 is 20.7 Å². The van der Waals surface area contributed by atoms with Gasteiger partial charge in [-0.1, -0.05) is 27.1 Å². The smallest absolute Gasteiger partial charge is 0.294 e. The normalized spacial score (nSPS) is 17.7. The molecule has 1 fully saturated rings. The summed E-state index contributed by atoms with van der Waals surface area (Å²) in [5, 5.41) is 2.02. The van der Waals surface area contributed by atoms with Crippen molar-refractivity contribution in [1.82, 2.24) is 4.57 Å².